The number of phenols is 2. The number of phenolic OH excluding ortho intramolecular Hbond substituents is 2. The smallest absolute Gasteiger partial charge is 0.293 e. The van der Waals surface area contributed by atoms with Crippen LogP contribution in [0.5, 0.6) is 17.2 Å². The number of benzene rings is 2. The van der Waals surface area contributed by atoms with E-state index < -0.39 is 11.1 Å². The molecule has 1 fully saturated rings. The minimum absolute atomic E-state index is 0.0577. The molecule has 10 heteroatoms. The molecule has 1 saturated heterocycles. The van der Waals surface area contributed by atoms with Gasteiger partial charge in [-0.2, -0.15) is 0 Å². The molecule has 2 N–H and O–H groups in total. The lowest BCUT2D eigenvalue weighted by Gasteiger charge is -2.13. The predicted molar refractivity (Wildman–Crippen MR) is 115 cm³/mol. The molecule has 0 spiro atoms. The average molecular weight is 550 g/mol. The summed E-state index contributed by atoms with van der Waals surface area (Å²) in [5.41, 5.74) is 0.273. The summed E-state index contributed by atoms with van der Waals surface area (Å²) < 4.78 is 5.94. The van der Waals surface area contributed by atoms with Crippen LogP contribution < -0.4 is 4.74 Å². The standard InChI is InChI=1S/C18H12Br2ClNO5S/c19-10-7-9(15(23)14(20)16(10)24)8-13-17(25)22(18(26)28-13)5-6-27-12-4-2-1-3-11(12)21/h1-4,7-8,23-24H,5-6H2/b13-8-. The summed E-state index contributed by atoms with van der Waals surface area (Å²) >= 11 is 13.0. The van der Waals surface area contributed by atoms with Crippen molar-refractivity contribution < 1.29 is 24.5 Å². The Morgan fingerprint density at radius 3 is 2.61 bits per heavy atom. The Morgan fingerprint density at radius 2 is 1.89 bits per heavy atom. The Labute approximate surface area is 186 Å². The molecule has 28 heavy (non-hydrogen) atoms. The summed E-state index contributed by atoms with van der Waals surface area (Å²) in [6, 6.07) is 8.36. The second-order valence-corrected chi connectivity index (χ2v) is 8.62. The van der Waals surface area contributed by atoms with Crippen LogP contribution in [-0.2, 0) is 4.79 Å². The largest absolute Gasteiger partial charge is 0.506 e. The predicted octanol–water partition coefficient (Wildman–Crippen LogP) is 5.39. The summed E-state index contributed by atoms with van der Waals surface area (Å²) in [6.07, 6.45) is 1.39. The number of hydrogen-bond acceptors (Lipinski definition) is 6. The van der Waals surface area contributed by atoms with E-state index in [-0.39, 0.29) is 39.6 Å². The van der Waals surface area contributed by atoms with E-state index in [1.54, 1.807) is 24.3 Å². The van der Waals surface area contributed by atoms with Gasteiger partial charge in [-0.25, -0.2) is 0 Å². The van der Waals surface area contributed by atoms with Crippen molar-refractivity contribution in [3.05, 3.63) is 54.8 Å². The minimum Gasteiger partial charge on any atom is -0.506 e. The van der Waals surface area contributed by atoms with Gasteiger partial charge in [0.25, 0.3) is 11.1 Å². The van der Waals surface area contributed by atoms with Crippen molar-refractivity contribution >= 4 is 72.4 Å². The summed E-state index contributed by atoms with van der Waals surface area (Å²) in [5, 5.41) is 19.9. The molecule has 0 bridgehead atoms. The van der Waals surface area contributed by atoms with Crippen LogP contribution in [0.4, 0.5) is 4.79 Å². The van der Waals surface area contributed by atoms with Gasteiger partial charge in [-0.3, -0.25) is 14.5 Å². The van der Waals surface area contributed by atoms with Crippen molar-refractivity contribution in [3.63, 3.8) is 0 Å². The highest BCUT2D eigenvalue weighted by Crippen LogP contribution is 2.43. The lowest BCUT2D eigenvalue weighted by atomic mass is 10.1. The molecule has 0 aromatic heterocycles. The van der Waals surface area contributed by atoms with Gasteiger partial charge in [-0.05, 0) is 67.9 Å². The zero-order valence-electron chi connectivity index (χ0n) is 14.0. The third-order valence-corrected chi connectivity index (χ3v) is 6.34. The molecule has 146 valence electrons. The topological polar surface area (TPSA) is 87.1 Å². The molecular weight excluding hydrogens is 538 g/mol. The molecule has 2 aromatic rings. The van der Waals surface area contributed by atoms with Crippen LogP contribution in [0.1, 0.15) is 5.56 Å². The maximum absolute atomic E-state index is 12.6. The molecule has 2 amide bonds. The van der Waals surface area contributed by atoms with Gasteiger partial charge in [-0.15, -0.1) is 0 Å². The zero-order chi connectivity index (χ0) is 20.4. The number of imide groups is 1. The number of amides is 2. The molecule has 0 saturated carbocycles. The van der Waals surface area contributed by atoms with E-state index in [0.29, 0.717) is 15.2 Å². The van der Waals surface area contributed by atoms with E-state index in [1.165, 1.54) is 12.1 Å². The van der Waals surface area contributed by atoms with Gasteiger partial charge in [0.1, 0.15) is 28.3 Å². The number of hydrogen-bond donors (Lipinski definition) is 2. The van der Waals surface area contributed by atoms with E-state index >= 15 is 0 Å². The van der Waals surface area contributed by atoms with Gasteiger partial charge in [0.05, 0.1) is 20.9 Å². The second kappa shape index (κ2) is 8.77. The first-order valence-corrected chi connectivity index (χ1v) is 10.6. The number of carbonyl (C=O) groups is 2. The van der Waals surface area contributed by atoms with Crippen LogP contribution in [0.15, 0.2) is 44.2 Å². The average Bonchev–Trinajstić information content (AvgIpc) is 2.93. The van der Waals surface area contributed by atoms with Crippen LogP contribution >= 0.6 is 55.2 Å². The van der Waals surface area contributed by atoms with Gasteiger partial charge >= 0.3 is 0 Å². The number of halogens is 3. The van der Waals surface area contributed by atoms with E-state index in [1.807, 2.05) is 0 Å². The van der Waals surface area contributed by atoms with Gasteiger partial charge in [-0.1, -0.05) is 23.7 Å². The zero-order valence-corrected chi connectivity index (χ0v) is 18.7. The molecule has 3 rings (SSSR count). The first-order valence-electron chi connectivity index (χ1n) is 7.82. The van der Waals surface area contributed by atoms with Crippen LogP contribution in [-0.4, -0.2) is 39.4 Å². The SMILES string of the molecule is O=C1S/C(=C\c2cc(Br)c(O)c(Br)c2O)C(=O)N1CCOc1ccccc1Cl. The van der Waals surface area contributed by atoms with Crippen molar-refractivity contribution in [2.75, 3.05) is 13.2 Å². The van der Waals surface area contributed by atoms with Crippen molar-refractivity contribution in [1.29, 1.82) is 0 Å². The van der Waals surface area contributed by atoms with Gasteiger partial charge in [0.15, 0.2) is 0 Å². The molecule has 0 aliphatic carbocycles. The van der Waals surface area contributed by atoms with Crippen LogP contribution in [0.25, 0.3) is 6.08 Å². The molecular formula is C18H12Br2ClNO5S. The molecule has 1 heterocycles. The Hall–Kier alpha value is -1.68. The number of rotatable bonds is 5. The third kappa shape index (κ3) is 4.32. The maximum atomic E-state index is 12.6. The van der Waals surface area contributed by atoms with E-state index in [9.17, 15) is 19.8 Å². The molecule has 0 atom stereocenters. The molecule has 2 aromatic carbocycles. The van der Waals surface area contributed by atoms with E-state index in [4.69, 9.17) is 16.3 Å². The first-order chi connectivity index (χ1) is 13.3. The van der Waals surface area contributed by atoms with Gasteiger partial charge in [0, 0.05) is 5.56 Å². The minimum atomic E-state index is -0.488. The highest BCUT2D eigenvalue weighted by atomic mass is 79.9. The number of thioether (sulfide) groups is 1. The molecule has 1 aliphatic heterocycles. The Kier molecular flexibility index (Phi) is 6.59. The lowest BCUT2D eigenvalue weighted by molar-refractivity contribution is -0.123. The van der Waals surface area contributed by atoms with Crippen LogP contribution in [0, 0.1) is 0 Å². The summed E-state index contributed by atoms with van der Waals surface area (Å²) in [4.78, 5) is 26.0. The van der Waals surface area contributed by atoms with Crippen molar-refractivity contribution in [3.8, 4) is 17.2 Å². The first kappa shape index (κ1) is 21.0. The molecule has 6 nitrogen and oxygen atoms in total. The summed E-state index contributed by atoms with van der Waals surface area (Å²) in [5.74, 6) is -0.429. The quantitative estimate of drug-likeness (QED) is 0.487. The molecule has 0 radical (unpaired) electrons. The van der Waals surface area contributed by atoms with E-state index in [0.717, 1.165) is 16.7 Å². The fraction of sp³-hybridized carbons (Fsp3) is 0.111. The van der Waals surface area contributed by atoms with Crippen molar-refractivity contribution in [2.24, 2.45) is 0 Å². The number of para-hydroxylation sites is 1. The van der Waals surface area contributed by atoms with Crippen molar-refractivity contribution in [2.45, 2.75) is 0 Å². The van der Waals surface area contributed by atoms with Crippen LogP contribution in [0.2, 0.25) is 5.02 Å². The Balaban J connectivity index is 1.73. The molecule has 0 unspecified atom stereocenters. The number of aromatic hydroxyl groups is 2. The van der Waals surface area contributed by atoms with Gasteiger partial charge < -0.3 is 14.9 Å². The van der Waals surface area contributed by atoms with E-state index in [2.05, 4.69) is 31.9 Å². The lowest BCUT2D eigenvalue weighted by Crippen LogP contribution is -2.32. The van der Waals surface area contributed by atoms with Crippen molar-refractivity contribution in [1.82, 2.24) is 4.90 Å². The summed E-state index contributed by atoms with van der Waals surface area (Å²) in [7, 11) is 0. The number of nitrogens with zero attached hydrogens (tertiary/aromatic N) is 1. The Bertz CT molecular complexity index is 998. The fourth-order valence-electron chi connectivity index (χ4n) is 2.37. The monoisotopic (exact) mass is 547 g/mol. The Morgan fingerprint density at radius 1 is 1.18 bits per heavy atom. The number of carbonyl (C=O) groups excluding carboxylic acids is 2. The highest BCUT2D eigenvalue weighted by molar-refractivity contribution is 9.11. The molecule has 1 aliphatic rings. The summed E-state index contributed by atoms with van der Waals surface area (Å²) in [6.45, 7) is 0.152. The van der Waals surface area contributed by atoms with Gasteiger partial charge in [0.2, 0.25) is 0 Å². The highest BCUT2D eigenvalue weighted by Gasteiger charge is 2.35. The fourth-order valence-corrected chi connectivity index (χ4v) is 4.57. The van der Waals surface area contributed by atoms with Crippen LogP contribution in [0.3, 0.4) is 0 Å². The second-order valence-electron chi connectivity index (χ2n) is 5.57. The third-order valence-electron chi connectivity index (χ3n) is 3.77. The number of ether oxygens (including phenoxy) is 1. The normalized spacial score (nSPS) is 15.5. The maximum Gasteiger partial charge on any atom is 0.293 e.